The summed E-state index contributed by atoms with van der Waals surface area (Å²) >= 11 is 0. The molecule has 0 radical (unpaired) electrons. The van der Waals surface area contributed by atoms with Crippen molar-refractivity contribution in [3.63, 3.8) is 0 Å². The molecule has 172 valence electrons. The minimum absolute atomic E-state index is 0.0593. The fraction of sp³-hybridized carbons (Fsp3) is 0.423. The number of halogens is 1. The third-order valence-electron chi connectivity index (χ3n) is 5.73. The van der Waals surface area contributed by atoms with Gasteiger partial charge in [-0.15, -0.1) is 0 Å². The van der Waals surface area contributed by atoms with Crippen LogP contribution in [-0.2, 0) is 16.0 Å². The molecule has 5 nitrogen and oxygen atoms in total. The topological polar surface area (TPSA) is 87.6 Å². The van der Waals surface area contributed by atoms with Crippen molar-refractivity contribution in [2.24, 2.45) is 11.5 Å². The van der Waals surface area contributed by atoms with Gasteiger partial charge in [-0.25, -0.2) is 4.39 Å². The maximum Gasteiger partial charge on any atom is 0.327 e. The van der Waals surface area contributed by atoms with Gasteiger partial charge in [-0.1, -0.05) is 24.3 Å². The fourth-order valence-electron chi connectivity index (χ4n) is 3.63. The summed E-state index contributed by atoms with van der Waals surface area (Å²) in [7, 11) is 0. The van der Waals surface area contributed by atoms with Crippen molar-refractivity contribution in [3.05, 3.63) is 65.0 Å². The molecule has 6 heteroatoms. The van der Waals surface area contributed by atoms with Crippen LogP contribution < -0.4 is 16.2 Å². The van der Waals surface area contributed by atoms with Gasteiger partial charge in [-0.3, -0.25) is 4.79 Å². The predicted molar refractivity (Wildman–Crippen MR) is 126 cm³/mol. The first-order chi connectivity index (χ1) is 15.4. The average molecular weight is 441 g/mol. The Balaban J connectivity index is 1.45. The number of rotatable bonds is 10. The molecule has 1 aliphatic rings. The summed E-state index contributed by atoms with van der Waals surface area (Å²) in [6.07, 6.45) is 7.74. The number of esters is 1. The van der Waals surface area contributed by atoms with Crippen LogP contribution >= 0.6 is 0 Å². The summed E-state index contributed by atoms with van der Waals surface area (Å²) in [4.78, 5) is 11.8. The van der Waals surface area contributed by atoms with Gasteiger partial charge in [-0.2, -0.15) is 0 Å². The van der Waals surface area contributed by atoms with E-state index in [2.05, 4.69) is 18.2 Å². The zero-order valence-corrected chi connectivity index (χ0v) is 18.7. The number of nitrogens with two attached hydrogens (primary N) is 2. The number of carbonyl (C=O) groups excluding carboxylic acids is 1. The lowest BCUT2D eigenvalue weighted by atomic mass is 10.0. The van der Waals surface area contributed by atoms with Crippen LogP contribution in [0.4, 0.5) is 4.39 Å². The van der Waals surface area contributed by atoms with E-state index in [4.69, 9.17) is 20.9 Å². The predicted octanol–water partition coefficient (Wildman–Crippen LogP) is 4.47. The molecular formula is C26H33FN2O3. The molecule has 0 aromatic heterocycles. The molecule has 0 amide bonds. The van der Waals surface area contributed by atoms with Gasteiger partial charge < -0.3 is 20.9 Å². The highest BCUT2D eigenvalue weighted by atomic mass is 19.1. The molecule has 0 aliphatic heterocycles. The van der Waals surface area contributed by atoms with Gasteiger partial charge in [0.2, 0.25) is 0 Å². The van der Waals surface area contributed by atoms with Crippen LogP contribution in [0, 0.1) is 5.82 Å². The summed E-state index contributed by atoms with van der Waals surface area (Å²) in [6.45, 7) is 2.58. The molecular weight excluding hydrogens is 407 g/mol. The molecule has 2 aromatic rings. The first-order valence-electron chi connectivity index (χ1n) is 11.3. The van der Waals surface area contributed by atoms with Gasteiger partial charge >= 0.3 is 5.97 Å². The number of fused-ring (bicyclic) bond motifs is 1. The standard InChI is InChI=1S/C26H33FN2O3/c1-26(29,18-28)25(30)32-15-4-2-3-14-31-24-13-10-22-16-20(6-5-7-21(22)17-24)19-8-11-23(27)12-9-19/h8-13,16-17H,2-7,14-15,18,28-29H2,1H3. The minimum Gasteiger partial charge on any atom is -0.494 e. The van der Waals surface area contributed by atoms with Crippen molar-refractivity contribution in [2.75, 3.05) is 19.8 Å². The zero-order chi connectivity index (χ0) is 23.0. The molecule has 4 N–H and O–H groups in total. The summed E-state index contributed by atoms with van der Waals surface area (Å²) in [5, 5.41) is 0. The molecule has 0 bridgehead atoms. The lowest BCUT2D eigenvalue weighted by molar-refractivity contribution is -0.149. The molecule has 32 heavy (non-hydrogen) atoms. The third-order valence-corrected chi connectivity index (χ3v) is 5.73. The SMILES string of the molecule is CC(N)(CN)C(=O)OCCCCCOc1ccc2c(c1)CCCC(c1ccc(F)cc1)=C2. The summed E-state index contributed by atoms with van der Waals surface area (Å²) in [6, 6.07) is 12.9. The highest BCUT2D eigenvalue weighted by Crippen LogP contribution is 2.31. The van der Waals surface area contributed by atoms with E-state index < -0.39 is 11.5 Å². The highest BCUT2D eigenvalue weighted by molar-refractivity contribution is 5.83. The quantitative estimate of drug-likeness (QED) is 0.420. The molecule has 1 unspecified atom stereocenters. The van der Waals surface area contributed by atoms with E-state index in [0.29, 0.717) is 13.2 Å². The Morgan fingerprint density at radius 2 is 1.81 bits per heavy atom. The number of carbonyl (C=O) groups is 1. The van der Waals surface area contributed by atoms with E-state index in [9.17, 15) is 9.18 Å². The van der Waals surface area contributed by atoms with Gasteiger partial charge in [0.25, 0.3) is 0 Å². The minimum atomic E-state index is -1.12. The van der Waals surface area contributed by atoms with Gasteiger partial charge in [0, 0.05) is 6.54 Å². The molecule has 1 aliphatic carbocycles. The van der Waals surface area contributed by atoms with Gasteiger partial charge in [0.15, 0.2) is 0 Å². The maximum atomic E-state index is 13.2. The second-order valence-corrected chi connectivity index (χ2v) is 8.56. The van der Waals surface area contributed by atoms with Crippen molar-refractivity contribution < 1.29 is 18.7 Å². The van der Waals surface area contributed by atoms with Crippen LogP contribution in [0.2, 0.25) is 0 Å². The second kappa shape index (κ2) is 11.2. The molecule has 2 aromatic carbocycles. The second-order valence-electron chi connectivity index (χ2n) is 8.56. The van der Waals surface area contributed by atoms with E-state index in [1.165, 1.54) is 28.8 Å². The summed E-state index contributed by atoms with van der Waals surface area (Å²) in [5.74, 6) is 0.199. The van der Waals surface area contributed by atoms with E-state index in [-0.39, 0.29) is 12.4 Å². The molecule has 0 saturated carbocycles. The van der Waals surface area contributed by atoms with Crippen molar-refractivity contribution in [1.29, 1.82) is 0 Å². The number of aryl methyl sites for hydroxylation is 1. The Kier molecular flexibility index (Phi) is 8.42. The lowest BCUT2D eigenvalue weighted by Crippen LogP contribution is -2.52. The number of allylic oxidation sites excluding steroid dienone is 1. The molecule has 0 spiro atoms. The molecule has 1 atom stereocenters. The van der Waals surface area contributed by atoms with E-state index >= 15 is 0 Å². The smallest absolute Gasteiger partial charge is 0.327 e. The van der Waals surface area contributed by atoms with E-state index in [0.717, 1.165) is 49.8 Å². The number of ether oxygens (including phenoxy) is 2. The average Bonchev–Trinajstić information content (AvgIpc) is 3.00. The van der Waals surface area contributed by atoms with Crippen LogP contribution in [0.3, 0.4) is 0 Å². The van der Waals surface area contributed by atoms with E-state index in [1.54, 1.807) is 6.92 Å². The molecule has 0 saturated heterocycles. The van der Waals surface area contributed by atoms with Gasteiger partial charge in [0.05, 0.1) is 13.2 Å². The number of benzene rings is 2. The molecule has 0 fully saturated rings. The Hall–Kier alpha value is -2.70. The summed E-state index contributed by atoms with van der Waals surface area (Å²) < 4.78 is 24.3. The monoisotopic (exact) mass is 440 g/mol. The van der Waals surface area contributed by atoms with Gasteiger partial charge in [0.1, 0.15) is 17.1 Å². The number of unbranched alkanes of at least 4 members (excludes halogenated alkanes) is 2. The highest BCUT2D eigenvalue weighted by Gasteiger charge is 2.28. The van der Waals surface area contributed by atoms with Gasteiger partial charge in [-0.05, 0) is 92.0 Å². The number of hydrogen-bond acceptors (Lipinski definition) is 5. The number of hydrogen-bond donors (Lipinski definition) is 2. The van der Waals surface area contributed by atoms with Crippen LogP contribution in [0.25, 0.3) is 11.6 Å². The van der Waals surface area contributed by atoms with Crippen LogP contribution in [-0.4, -0.2) is 31.3 Å². The van der Waals surface area contributed by atoms with E-state index in [1.807, 2.05) is 18.2 Å². The summed E-state index contributed by atoms with van der Waals surface area (Å²) in [5.41, 5.74) is 14.9. The first-order valence-corrected chi connectivity index (χ1v) is 11.3. The normalized spacial score (nSPS) is 15.2. The first kappa shape index (κ1) is 24.0. The Bertz CT molecular complexity index is 939. The molecule has 0 heterocycles. The van der Waals surface area contributed by atoms with Crippen LogP contribution in [0.15, 0.2) is 42.5 Å². The lowest BCUT2D eigenvalue weighted by Gasteiger charge is -2.20. The van der Waals surface area contributed by atoms with Crippen LogP contribution in [0.1, 0.15) is 55.7 Å². The third kappa shape index (κ3) is 6.65. The van der Waals surface area contributed by atoms with Crippen molar-refractivity contribution in [1.82, 2.24) is 0 Å². The van der Waals surface area contributed by atoms with Crippen LogP contribution in [0.5, 0.6) is 5.75 Å². The zero-order valence-electron chi connectivity index (χ0n) is 18.7. The molecule has 3 rings (SSSR count). The maximum absolute atomic E-state index is 13.2. The Morgan fingerprint density at radius 3 is 2.56 bits per heavy atom. The largest absolute Gasteiger partial charge is 0.494 e. The Morgan fingerprint density at radius 1 is 1.06 bits per heavy atom. The fourth-order valence-corrected chi connectivity index (χ4v) is 3.63. The van der Waals surface area contributed by atoms with Crippen molar-refractivity contribution in [2.45, 2.75) is 51.0 Å². The van der Waals surface area contributed by atoms with Crippen molar-refractivity contribution in [3.8, 4) is 5.75 Å². The van der Waals surface area contributed by atoms with Crippen molar-refractivity contribution >= 4 is 17.6 Å². The Labute approximate surface area is 189 Å².